The highest BCUT2D eigenvalue weighted by Crippen LogP contribution is 2.24. The highest BCUT2D eigenvalue weighted by atomic mass is 35.5. The first-order valence-corrected chi connectivity index (χ1v) is 5.80. The second-order valence-corrected chi connectivity index (χ2v) is 4.40. The third kappa shape index (κ3) is 2.21. The van der Waals surface area contributed by atoms with Crippen molar-refractivity contribution in [1.82, 2.24) is 14.8 Å². The Kier molecular flexibility index (Phi) is 3.41. The van der Waals surface area contributed by atoms with Crippen LogP contribution in [0.15, 0.2) is 12.3 Å². The number of nitro groups is 1. The number of aromatic carboxylic acids is 1. The molecule has 2 rings (SSSR count). The minimum Gasteiger partial charge on any atom is -0.477 e. The Morgan fingerprint density at radius 1 is 1.50 bits per heavy atom. The van der Waals surface area contributed by atoms with Crippen LogP contribution in [0, 0.1) is 24.0 Å². The summed E-state index contributed by atoms with van der Waals surface area (Å²) in [6, 6.07) is 1.09. The molecule has 1 N–H and O–H groups in total. The molecule has 2 aromatic heterocycles. The standard InChI is InChI=1S/C11H9ClN4O4/c1-5-10(12)6(2)15(14-5)9-3-7(11(17)18)8(4-13-9)16(19)20/h3-4H,1-2H3,(H,17,18). The molecular formula is C11H9ClN4O4. The fraction of sp³-hybridized carbons (Fsp3) is 0.182. The third-order valence-electron chi connectivity index (χ3n) is 2.72. The number of hydrogen-bond acceptors (Lipinski definition) is 5. The van der Waals surface area contributed by atoms with Crippen LogP contribution >= 0.6 is 11.6 Å². The molecule has 0 aliphatic carbocycles. The van der Waals surface area contributed by atoms with Crippen molar-refractivity contribution in [1.29, 1.82) is 0 Å². The third-order valence-corrected chi connectivity index (χ3v) is 3.26. The van der Waals surface area contributed by atoms with Crippen molar-refractivity contribution in [3.05, 3.63) is 44.4 Å². The monoisotopic (exact) mass is 296 g/mol. The van der Waals surface area contributed by atoms with E-state index in [0.29, 0.717) is 16.4 Å². The molecule has 0 aliphatic rings. The smallest absolute Gasteiger partial charge is 0.342 e. The molecule has 0 fully saturated rings. The molecular weight excluding hydrogens is 288 g/mol. The van der Waals surface area contributed by atoms with Crippen LogP contribution in [0.4, 0.5) is 5.69 Å². The van der Waals surface area contributed by atoms with Crippen LogP contribution in [-0.2, 0) is 0 Å². The molecule has 0 aliphatic heterocycles. The quantitative estimate of drug-likeness (QED) is 0.686. The van der Waals surface area contributed by atoms with E-state index < -0.39 is 22.1 Å². The number of nitrogens with zero attached hydrogens (tertiary/aromatic N) is 4. The van der Waals surface area contributed by atoms with E-state index in [0.717, 1.165) is 12.3 Å². The molecule has 2 heterocycles. The highest BCUT2D eigenvalue weighted by Gasteiger charge is 2.22. The van der Waals surface area contributed by atoms with Gasteiger partial charge in [-0.15, -0.1) is 0 Å². The number of aryl methyl sites for hydroxylation is 1. The van der Waals surface area contributed by atoms with Gasteiger partial charge in [-0.1, -0.05) is 11.6 Å². The fourth-order valence-corrected chi connectivity index (χ4v) is 1.83. The maximum Gasteiger partial charge on any atom is 0.342 e. The second kappa shape index (κ2) is 4.89. The molecule has 0 aromatic carbocycles. The Morgan fingerprint density at radius 3 is 2.60 bits per heavy atom. The van der Waals surface area contributed by atoms with Gasteiger partial charge in [-0.3, -0.25) is 10.1 Å². The number of hydrogen-bond donors (Lipinski definition) is 1. The van der Waals surface area contributed by atoms with Gasteiger partial charge < -0.3 is 5.11 Å². The highest BCUT2D eigenvalue weighted by molar-refractivity contribution is 6.31. The van der Waals surface area contributed by atoms with E-state index in [-0.39, 0.29) is 5.82 Å². The number of halogens is 1. The molecule has 0 amide bonds. The first-order chi connectivity index (χ1) is 9.32. The van der Waals surface area contributed by atoms with Crippen molar-refractivity contribution >= 4 is 23.3 Å². The summed E-state index contributed by atoms with van der Waals surface area (Å²) in [6.45, 7) is 3.38. The van der Waals surface area contributed by atoms with Crippen LogP contribution in [0.5, 0.6) is 0 Å². The lowest BCUT2D eigenvalue weighted by molar-refractivity contribution is -0.385. The molecule has 9 heteroatoms. The lowest BCUT2D eigenvalue weighted by Gasteiger charge is -2.04. The van der Waals surface area contributed by atoms with Gasteiger partial charge in [0.05, 0.1) is 21.3 Å². The van der Waals surface area contributed by atoms with E-state index >= 15 is 0 Å². The fourth-order valence-electron chi connectivity index (χ4n) is 1.72. The topological polar surface area (TPSA) is 111 Å². The van der Waals surface area contributed by atoms with Gasteiger partial charge in [0.2, 0.25) is 0 Å². The first kappa shape index (κ1) is 13.9. The van der Waals surface area contributed by atoms with E-state index in [9.17, 15) is 14.9 Å². The largest absolute Gasteiger partial charge is 0.477 e. The molecule has 0 unspecified atom stereocenters. The normalized spacial score (nSPS) is 10.6. The lowest BCUT2D eigenvalue weighted by atomic mass is 10.2. The van der Waals surface area contributed by atoms with Crippen molar-refractivity contribution in [2.75, 3.05) is 0 Å². The Labute approximate surface area is 117 Å². The zero-order valence-corrected chi connectivity index (χ0v) is 11.2. The average molecular weight is 297 g/mol. The maximum absolute atomic E-state index is 11.1. The van der Waals surface area contributed by atoms with Gasteiger partial charge in [0.25, 0.3) is 0 Å². The number of carboxylic acids is 1. The summed E-state index contributed by atoms with van der Waals surface area (Å²) < 4.78 is 1.34. The molecule has 8 nitrogen and oxygen atoms in total. The number of carbonyl (C=O) groups is 1. The van der Waals surface area contributed by atoms with Crippen molar-refractivity contribution in [2.24, 2.45) is 0 Å². The Hall–Kier alpha value is -2.48. The minimum absolute atomic E-state index is 0.153. The molecule has 0 saturated carbocycles. The van der Waals surface area contributed by atoms with Gasteiger partial charge in [-0.2, -0.15) is 5.10 Å². The van der Waals surface area contributed by atoms with Gasteiger partial charge in [-0.25, -0.2) is 14.5 Å². The van der Waals surface area contributed by atoms with Gasteiger partial charge in [0.15, 0.2) is 5.82 Å². The van der Waals surface area contributed by atoms with Gasteiger partial charge in [0, 0.05) is 6.07 Å². The van der Waals surface area contributed by atoms with E-state index in [2.05, 4.69) is 10.1 Å². The average Bonchev–Trinajstić information content (AvgIpc) is 2.65. The Bertz CT molecular complexity index is 725. The van der Waals surface area contributed by atoms with E-state index in [1.807, 2.05) is 0 Å². The summed E-state index contributed by atoms with van der Waals surface area (Å²) in [6.07, 6.45) is 0.892. The zero-order valence-electron chi connectivity index (χ0n) is 10.5. The summed E-state index contributed by atoms with van der Waals surface area (Å²) in [4.78, 5) is 24.9. The summed E-state index contributed by atoms with van der Waals surface area (Å²) in [7, 11) is 0. The molecule has 2 aromatic rings. The van der Waals surface area contributed by atoms with E-state index in [1.54, 1.807) is 13.8 Å². The zero-order chi connectivity index (χ0) is 15.0. The SMILES string of the molecule is Cc1nn(-c2cc(C(=O)O)c([N+](=O)[O-])cn2)c(C)c1Cl. The van der Waals surface area contributed by atoms with Crippen molar-refractivity contribution in [3.63, 3.8) is 0 Å². The number of aromatic nitrogens is 3. The predicted molar refractivity (Wildman–Crippen MR) is 69.5 cm³/mol. The molecule has 0 saturated heterocycles. The Morgan fingerprint density at radius 2 is 2.15 bits per heavy atom. The predicted octanol–water partition coefficient (Wildman–Crippen LogP) is 2.14. The van der Waals surface area contributed by atoms with Gasteiger partial charge in [0.1, 0.15) is 11.8 Å². The molecule has 0 atom stereocenters. The van der Waals surface area contributed by atoms with Crippen LogP contribution in [0.2, 0.25) is 5.02 Å². The summed E-state index contributed by atoms with van der Waals surface area (Å²) >= 11 is 6.00. The molecule has 104 valence electrons. The van der Waals surface area contributed by atoms with Gasteiger partial charge >= 0.3 is 11.7 Å². The number of carboxylic acid groups (broad SMARTS) is 1. The molecule has 0 spiro atoms. The summed E-state index contributed by atoms with van der Waals surface area (Å²) in [5.41, 5.74) is 0.0978. The molecule has 20 heavy (non-hydrogen) atoms. The minimum atomic E-state index is -1.41. The van der Waals surface area contributed by atoms with Crippen LogP contribution in [0.3, 0.4) is 0 Å². The van der Waals surface area contributed by atoms with Crippen LogP contribution in [-0.4, -0.2) is 30.8 Å². The van der Waals surface area contributed by atoms with Gasteiger partial charge in [-0.05, 0) is 13.8 Å². The number of pyridine rings is 1. The molecule has 0 bridgehead atoms. The van der Waals surface area contributed by atoms with Crippen LogP contribution < -0.4 is 0 Å². The van der Waals surface area contributed by atoms with Crippen molar-refractivity contribution in [3.8, 4) is 5.82 Å². The van der Waals surface area contributed by atoms with E-state index in [1.165, 1.54) is 4.68 Å². The lowest BCUT2D eigenvalue weighted by Crippen LogP contribution is -2.08. The first-order valence-electron chi connectivity index (χ1n) is 5.42. The summed E-state index contributed by atoms with van der Waals surface area (Å²) in [5.74, 6) is -1.26. The maximum atomic E-state index is 11.1. The van der Waals surface area contributed by atoms with Crippen molar-refractivity contribution in [2.45, 2.75) is 13.8 Å². The summed E-state index contributed by atoms with van der Waals surface area (Å²) in [5, 5.41) is 24.3. The van der Waals surface area contributed by atoms with E-state index in [4.69, 9.17) is 16.7 Å². The molecule has 0 radical (unpaired) electrons. The van der Waals surface area contributed by atoms with Crippen LogP contribution in [0.25, 0.3) is 5.82 Å². The Balaban J connectivity index is 2.65. The van der Waals surface area contributed by atoms with Crippen molar-refractivity contribution < 1.29 is 14.8 Å². The second-order valence-electron chi connectivity index (χ2n) is 4.02. The van der Waals surface area contributed by atoms with Crippen LogP contribution in [0.1, 0.15) is 21.7 Å². The number of rotatable bonds is 3.